The summed E-state index contributed by atoms with van der Waals surface area (Å²) >= 11 is 0. The van der Waals surface area contributed by atoms with Crippen LogP contribution in [0, 0.1) is 11.3 Å². The minimum Gasteiger partial charge on any atom is -0.478 e. The Kier molecular flexibility index (Phi) is 4.26. The molecule has 2 aromatic carbocycles. The maximum absolute atomic E-state index is 10.9. The third-order valence-electron chi connectivity index (χ3n) is 3.53. The summed E-state index contributed by atoms with van der Waals surface area (Å²) in [5.74, 6) is 0.288. The second-order valence-corrected chi connectivity index (χ2v) is 5.12. The molecule has 3 rings (SSSR count). The van der Waals surface area contributed by atoms with E-state index < -0.39 is 5.97 Å². The van der Waals surface area contributed by atoms with Crippen molar-refractivity contribution in [1.29, 1.82) is 5.26 Å². The smallest absolute Gasteiger partial charge is 0.335 e. The van der Waals surface area contributed by atoms with E-state index in [0.717, 1.165) is 11.3 Å². The number of benzene rings is 2. The SMILES string of the molecule is N#CC(=Cc1ccc(-c2ccccc2)o1)c1ccc(C(=O)O)cc1. The van der Waals surface area contributed by atoms with Crippen molar-refractivity contribution in [3.8, 4) is 17.4 Å². The molecule has 24 heavy (non-hydrogen) atoms. The van der Waals surface area contributed by atoms with E-state index in [1.165, 1.54) is 12.1 Å². The van der Waals surface area contributed by atoms with Crippen molar-refractivity contribution in [2.75, 3.05) is 0 Å². The monoisotopic (exact) mass is 315 g/mol. The Hall–Kier alpha value is -3.58. The van der Waals surface area contributed by atoms with Gasteiger partial charge in [0.15, 0.2) is 0 Å². The summed E-state index contributed by atoms with van der Waals surface area (Å²) in [4.78, 5) is 10.9. The van der Waals surface area contributed by atoms with E-state index in [4.69, 9.17) is 9.52 Å². The third-order valence-corrected chi connectivity index (χ3v) is 3.53. The molecule has 1 N–H and O–H groups in total. The van der Waals surface area contributed by atoms with Crippen LogP contribution in [0.15, 0.2) is 71.1 Å². The van der Waals surface area contributed by atoms with E-state index in [0.29, 0.717) is 16.9 Å². The zero-order chi connectivity index (χ0) is 16.9. The molecule has 0 aliphatic rings. The average Bonchev–Trinajstić information content (AvgIpc) is 3.09. The van der Waals surface area contributed by atoms with Crippen LogP contribution in [0.1, 0.15) is 21.7 Å². The number of carbonyl (C=O) groups is 1. The van der Waals surface area contributed by atoms with Crippen molar-refractivity contribution in [1.82, 2.24) is 0 Å². The van der Waals surface area contributed by atoms with Crippen molar-refractivity contribution in [3.63, 3.8) is 0 Å². The first-order chi connectivity index (χ1) is 11.7. The molecule has 4 nitrogen and oxygen atoms in total. The molecule has 0 bridgehead atoms. The highest BCUT2D eigenvalue weighted by Gasteiger charge is 2.07. The van der Waals surface area contributed by atoms with Gasteiger partial charge in [0.05, 0.1) is 17.2 Å². The number of nitriles is 1. The largest absolute Gasteiger partial charge is 0.478 e. The minimum absolute atomic E-state index is 0.181. The van der Waals surface area contributed by atoms with Gasteiger partial charge in [-0.2, -0.15) is 5.26 Å². The lowest BCUT2D eigenvalue weighted by atomic mass is 10.0. The number of rotatable bonds is 4. The molecule has 0 radical (unpaired) electrons. The van der Waals surface area contributed by atoms with Crippen molar-refractivity contribution in [2.24, 2.45) is 0 Å². The lowest BCUT2D eigenvalue weighted by Crippen LogP contribution is -1.95. The van der Waals surface area contributed by atoms with Crippen LogP contribution >= 0.6 is 0 Å². The highest BCUT2D eigenvalue weighted by atomic mass is 16.4. The van der Waals surface area contributed by atoms with Gasteiger partial charge in [0.25, 0.3) is 0 Å². The predicted molar refractivity (Wildman–Crippen MR) is 91.0 cm³/mol. The molecule has 0 spiro atoms. The summed E-state index contributed by atoms with van der Waals surface area (Å²) in [7, 11) is 0. The van der Waals surface area contributed by atoms with Crippen LogP contribution in [0.25, 0.3) is 23.0 Å². The third kappa shape index (κ3) is 3.26. The van der Waals surface area contributed by atoms with Crippen LogP contribution in [0.5, 0.6) is 0 Å². The molecular formula is C20H13NO3. The Labute approximate surface area is 138 Å². The van der Waals surface area contributed by atoms with Gasteiger partial charge in [0.2, 0.25) is 0 Å². The fourth-order valence-electron chi connectivity index (χ4n) is 2.30. The quantitative estimate of drug-likeness (QED) is 0.708. The molecule has 0 unspecified atom stereocenters. The van der Waals surface area contributed by atoms with Crippen molar-refractivity contribution >= 4 is 17.6 Å². The topological polar surface area (TPSA) is 74.2 Å². The summed E-state index contributed by atoms with van der Waals surface area (Å²) in [6.07, 6.45) is 1.64. The number of hydrogen-bond donors (Lipinski definition) is 1. The van der Waals surface area contributed by atoms with Gasteiger partial charge < -0.3 is 9.52 Å². The number of nitrogens with zero attached hydrogens (tertiary/aromatic N) is 1. The van der Waals surface area contributed by atoms with Gasteiger partial charge in [-0.3, -0.25) is 0 Å². The molecule has 4 heteroatoms. The van der Waals surface area contributed by atoms with Crippen molar-refractivity contribution in [2.45, 2.75) is 0 Å². The number of aromatic carboxylic acids is 1. The molecular weight excluding hydrogens is 302 g/mol. The number of hydrogen-bond acceptors (Lipinski definition) is 3. The fourth-order valence-corrected chi connectivity index (χ4v) is 2.30. The molecule has 1 aromatic heterocycles. The summed E-state index contributed by atoms with van der Waals surface area (Å²) in [5, 5.41) is 18.3. The van der Waals surface area contributed by atoms with Crippen LogP contribution in [0.2, 0.25) is 0 Å². The van der Waals surface area contributed by atoms with Crippen LogP contribution in [0.4, 0.5) is 0 Å². The van der Waals surface area contributed by atoms with Crippen LogP contribution in [-0.4, -0.2) is 11.1 Å². The maximum atomic E-state index is 10.9. The second kappa shape index (κ2) is 6.67. The highest BCUT2D eigenvalue weighted by Crippen LogP contribution is 2.25. The van der Waals surface area contributed by atoms with E-state index >= 15 is 0 Å². The second-order valence-electron chi connectivity index (χ2n) is 5.12. The van der Waals surface area contributed by atoms with Crippen LogP contribution in [-0.2, 0) is 0 Å². The van der Waals surface area contributed by atoms with Crippen molar-refractivity contribution in [3.05, 3.63) is 83.6 Å². The van der Waals surface area contributed by atoms with E-state index in [1.807, 2.05) is 36.4 Å². The number of carboxylic acids is 1. The molecule has 0 saturated heterocycles. The lowest BCUT2D eigenvalue weighted by Gasteiger charge is -2.00. The van der Waals surface area contributed by atoms with Gasteiger partial charge in [-0.05, 0) is 35.9 Å². The van der Waals surface area contributed by atoms with Gasteiger partial charge in [-0.25, -0.2) is 4.79 Å². The molecule has 0 fully saturated rings. The average molecular weight is 315 g/mol. The fraction of sp³-hybridized carbons (Fsp3) is 0. The molecule has 0 aliphatic heterocycles. The maximum Gasteiger partial charge on any atom is 0.335 e. The normalized spacial score (nSPS) is 11.0. The zero-order valence-corrected chi connectivity index (χ0v) is 12.6. The Morgan fingerprint density at radius 2 is 1.62 bits per heavy atom. The van der Waals surface area contributed by atoms with Gasteiger partial charge in [0, 0.05) is 5.56 Å². The van der Waals surface area contributed by atoms with Gasteiger partial charge in [0.1, 0.15) is 11.5 Å². The lowest BCUT2D eigenvalue weighted by molar-refractivity contribution is 0.0697. The molecule has 116 valence electrons. The Morgan fingerprint density at radius 1 is 0.958 bits per heavy atom. The first kappa shape index (κ1) is 15.3. The van der Waals surface area contributed by atoms with E-state index in [2.05, 4.69) is 6.07 Å². The summed E-state index contributed by atoms with van der Waals surface area (Å²) in [6, 6.07) is 21.6. The number of furan rings is 1. The minimum atomic E-state index is -0.998. The number of carboxylic acid groups (broad SMARTS) is 1. The summed E-state index contributed by atoms with van der Waals surface area (Å²) in [5.41, 5.74) is 2.18. The number of allylic oxidation sites excluding steroid dienone is 1. The Bertz CT molecular complexity index is 929. The summed E-state index contributed by atoms with van der Waals surface area (Å²) in [6.45, 7) is 0. The predicted octanol–water partition coefficient (Wildman–Crippen LogP) is 4.71. The van der Waals surface area contributed by atoms with Crippen LogP contribution in [0.3, 0.4) is 0 Å². The first-order valence-electron chi connectivity index (χ1n) is 7.28. The molecule has 0 amide bonds. The standard InChI is InChI=1S/C20H13NO3/c21-13-17(14-6-8-16(9-7-14)20(22)23)12-18-10-11-19(24-18)15-4-2-1-3-5-15/h1-12H,(H,22,23). The first-order valence-corrected chi connectivity index (χ1v) is 7.28. The summed E-state index contributed by atoms with van der Waals surface area (Å²) < 4.78 is 5.76. The highest BCUT2D eigenvalue weighted by molar-refractivity contribution is 5.91. The van der Waals surface area contributed by atoms with E-state index in [9.17, 15) is 10.1 Å². The molecule has 1 heterocycles. The van der Waals surface area contributed by atoms with Crippen molar-refractivity contribution < 1.29 is 14.3 Å². The van der Waals surface area contributed by atoms with Crippen LogP contribution < -0.4 is 0 Å². The molecule has 0 aliphatic carbocycles. The Balaban J connectivity index is 1.90. The Morgan fingerprint density at radius 3 is 2.25 bits per heavy atom. The van der Waals surface area contributed by atoms with E-state index in [-0.39, 0.29) is 5.56 Å². The zero-order valence-electron chi connectivity index (χ0n) is 12.6. The van der Waals surface area contributed by atoms with E-state index in [1.54, 1.807) is 24.3 Å². The van der Waals surface area contributed by atoms with Gasteiger partial charge >= 0.3 is 5.97 Å². The van der Waals surface area contributed by atoms with Gasteiger partial charge in [-0.1, -0.05) is 42.5 Å². The molecule has 0 atom stereocenters. The van der Waals surface area contributed by atoms with Gasteiger partial charge in [-0.15, -0.1) is 0 Å². The molecule has 3 aromatic rings. The molecule has 0 saturated carbocycles.